The molecule has 0 amide bonds. The zero-order valence-corrected chi connectivity index (χ0v) is 11.9. The van der Waals surface area contributed by atoms with Crippen molar-refractivity contribution in [3.05, 3.63) is 18.0 Å². The number of hydrogen-bond donors (Lipinski definition) is 0. The largest absolute Gasteiger partial charge is 0.488 e. The molecule has 0 fully saturated rings. The summed E-state index contributed by atoms with van der Waals surface area (Å²) in [7, 11) is 0.728. The number of aromatic nitrogens is 1. The first kappa shape index (κ1) is 12.0. The Morgan fingerprint density at radius 2 is 2.18 bits per heavy atom. The summed E-state index contributed by atoms with van der Waals surface area (Å²) in [6.45, 7) is 8.33. The highest BCUT2D eigenvalue weighted by Crippen LogP contribution is 2.29. The van der Waals surface area contributed by atoms with E-state index in [-0.39, 0.29) is 0 Å². The smallest absolute Gasteiger partial charge is 0.161 e. The molecule has 1 aromatic rings. The summed E-state index contributed by atoms with van der Waals surface area (Å²) in [4.78, 5) is 6.51. The van der Waals surface area contributed by atoms with Gasteiger partial charge in [0.25, 0.3) is 0 Å². The molecule has 0 unspecified atom stereocenters. The molecule has 0 bridgehead atoms. The van der Waals surface area contributed by atoms with E-state index < -0.39 is 8.07 Å². The Labute approximate surface area is 104 Å². The third-order valence-corrected chi connectivity index (χ3v) is 3.38. The van der Waals surface area contributed by atoms with E-state index in [0.717, 1.165) is 30.3 Å². The molecular formula is C13H18N2OSi. The van der Waals surface area contributed by atoms with Crippen LogP contribution in [-0.4, -0.2) is 33.3 Å². The molecule has 1 aliphatic rings. The molecule has 0 saturated carbocycles. The number of hydrogen-bond acceptors (Lipinski definition) is 3. The molecule has 0 aliphatic carbocycles. The van der Waals surface area contributed by atoms with Gasteiger partial charge in [-0.2, -0.15) is 0 Å². The maximum atomic E-state index is 5.55. The highest BCUT2D eigenvalue weighted by molar-refractivity contribution is 6.83. The zero-order chi connectivity index (χ0) is 12.5. The van der Waals surface area contributed by atoms with Gasteiger partial charge in [-0.3, -0.25) is 0 Å². The average molecular weight is 246 g/mol. The Balaban J connectivity index is 2.32. The van der Waals surface area contributed by atoms with Crippen molar-refractivity contribution in [1.82, 2.24) is 4.98 Å². The van der Waals surface area contributed by atoms with Gasteiger partial charge in [0.2, 0.25) is 0 Å². The van der Waals surface area contributed by atoms with Gasteiger partial charge in [0.05, 0.1) is 18.4 Å². The third kappa shape index (κ3) is 3.01. The van der Waals surface area contributed by atoms with Gasteiger partial charge >= 0.3 is 0 Å². The van der Waals surface area contributed by atoms with Gasteiger partial charge in [-0.15, -0.1) is 5.54 Å². The van der Waals surface area contributed by atoms with Crippen molar-refractivity contribution in [3.63, 3.8) is 0 Å². The van der Waals surface area contributed by atoms with E-state index in [1.54, 1.807) is 6.20 Å². The molecule has 1 aliphatic heterocycles. The lowest BCUT2D eigenvalue weighted by Gasteiger charge is -2.27. The van der Waals surface area contributed by atoms with Crippen molar-refractivity contribution in [3.8, 4) is 17.2 Å². The van der Waals surface area contributed by atoms with E-state index in [4.69, 9.17) is 4.74 Å². The lowest BCUT2D eigenvalue weighted by atomic mass is 10.2. The molecule has 2 heterocycles. The second-order valence-electron chi connectivity index (χ2n) is 5.31. The van der Waals surface area contributed by atoms with Crippen LogP contribution >= 0.6 is 0 Å². The fourth-order valence-corrected chi connectivity index (χ4v) is 2.08. The third-order valence-electron chi connectivity index (χ3n) is 2.51. The molecule has 0 radical (unpaired) electrons. The number of nitrogens with zero attached hydrogens (tertiary/aromatic N) is 2. The average Bonchev–Trinajstić information content (AvgIpc) is 2.26. The predicted molar refractivity (Wildman–Crippen MR) is 73.2 cm³/mol. The standard InChI is InChI=1S/C13H18N2OSi/c1-15-6-7-16-13-10-14-11(9-12(13)15)5-8-17(2,3)4/h9-10H,6-7H2,1-4H3. The zero-order valence-electron chi connectivity index (χ0n) is 10.9. The molecule has 0 saturated heterocycles. The van der Waals surface area contributed by atoms with Gasteiger partial charge in [0.15, 0.2) is 5.75 Å². The Bertz CT molecular complexity index is 482. The second-order valence-corrected chi connectivity index (χ2v) is 10.1. The van der Waals surface area contributed by atoms with Crippen molar-refractivity contribution in [2.75, 3.05) is 25.1 Å². The first-order valence-electron chi connectivity index (χ1n) is 5.83. The van der Waals surface area contributed by atoms with Crippen LogP contribution in [0.3, 0.4) is 0 Å². The van der Waals surface area contributed by atoms with Crippen LogP contribution in [0.5, 0.6) is 5.75 Å². The summed E-state index contributed by atoms with van der Waals surface area (Å²) in [5.41, 5.74) is 5.25. The summed E-state index contributed by atoms with van der Waals surface area (Å²) in [5, 5.41) is 0. The summed E-state index contributed by atoms with van der Waals surface area (Å²) in [6, 6.07) is 2.02. The van der Waals surface area contributed by atoms with Crippen LogP contribution in [0.2, 0.25) is 19.6 Å². The summed E-state index contributed by atoms with van der Waals surface area (Å²) in [5.74, 6) is 4.03. The van der Waals surface area contributed by atoms with Crippen molar-refractivity contribution in [1.29, 1.82) is 0 Å². The van der Waals surface area contributed by atoms with Crippen LogP contribution in [0.4, 0.5) is 5.69 Å². The van der Waals surface area contributed by atoms with E-state index >= 15 is 0 Å². The normalized spacial score (nSPS) is 14.5. The number of fused-ring (bicyclic) bond motifs is 1. The minimum absolute atomic E-state index is 0.727. The SMILES string of the molecule is CN1CCOc2cnc(C#C[Si](C)(C)C)cc21. The molecule has 1 aromatic heterocycles. The molecule has 17 heavy (non-hydrogen) atoms. The monoisotopic (exact) mass is 246 g/mol. The highest BCUT2D eigenvalue weighted by Gasteiger charge is 2.15. The van der Waals surface area contributed by atoms with Gasteiger partial charge < -0.3 is 9.64 Å². The summed E-state index contributed by atoms with van der Waals surface area (Å²) >= 11 is 0. The molecule has 2 rings (SSSR count). The molecule has 0 aromatic carbocycles. The maximum Gasteiger partial charge on any atom is 0.161 e. The van der Waals surface area contributed by atoms with Crippen LogP contribution in [0.25, 0.3) is 0 Å². The van der Waals surface area contributed by atoms with Crippen molar-refractivity contribution < 1.29 is 4.74 Å². The quantitative estimate of drug-likeness (QED) is 0.518. The second kappa shape index (κ2) is 4.42. The van der Waals surface area contributed by atoms with Gasteiger partial charge in [-0.05, 0) is 6.07 Å². The summed E-state index contributed by atoms with van der Waals surface area (Å²) in [6.07, 6.45) is 1.78. The Kier molecular flexibility index (Phi) is 3.12. The number of likely N-dealkylation sites (N-methyl/N-ethyl adjacent to an activating group) is 1. The van der Waals surface area contributed by atoms with E-state index in [0.29, 0.717) is 0 Å². The Morgan fingerprint density at radius 3 is 2.88 bits per heavy atom. The maximum absolute atomic E-state index is 5.55. The topological polar surface area (TPSA) is 25.4 Å². The van der Waals surface area contributed by atoms with E-state index in [2.05, 4.69) is 48.0 Å². The fourth-order valence-electron chi connectivity index (χ4n) is 1.57. The van der Waals surface area contributed by atoms with Crippen molar-refractivity contribution in [2.45, 2.75) is 19.6 Å². The van der Waals surface area contributed by atoms with Gasteiger partial charge in [-0.25, -0.2) is 4.98 Å². The lowest BCUT2D eigenvalue weighted by molar-refractivity contribution is 0.310. The number of pyridine rings is 1. The minimum atomic E-state index is -1.34. The van der Waals surface area contributed by atoms with Gasteiger partial charge in [0.1, 0.15) is 20.4 Å². The minimum Gasteiger partial charge on any atom is -0.488 e. The molecule has 90 valence electrons. The molecule has 0 spiro atoms. The van der Waals surface area contributed by atoms with E-state index in [1.807, 2.05) is 6.07 Å². The molecule has 3 nitrogen and oxygen atoms in total. The van der Waals surface area contributed by atoms with Gasteiger partial charge in [-0.1, -0.05) is 25.6 Å². The van der Waals surface area contributed by atoms with Crippen LogP contribution < -0.4 is 9.64 Å². The molecule has 4 heteroatoms. The number of anilines is 1. The predicted octanol–water partition coefficient (Wildman–Crippen LogP) is 2.14. The first-order valence-corrected chi connectivity index (χ1v) is 9.33. The Morgan fingerprint density at radius 1 is 1.41 bits per heavy atom. The number of ether oxygens (including phenoxy) is 1. The van der Waals surface area contributed by atoms with E-state index in [9.17, 15) is 0 Å². The van der Waals surface area contributed by atoms with Crippen LogP contribution in [-0.2, 0) is 0 Å². The van der Waals surface area contributed by atoms with Crippen molar-refractivity contribution >= 4 is 13.8 Å². The van der Waals surface area contributed by atoms with Crippen LogP contribution in [0.1, 0.15) is 5.69 Å². The van der Waals surface area contributed by atoms with Crippen molar-refractivity contribution in [2.24, 2.45) is 0 Å². The van der Waals surface area contributed by atoms with E-state index in [1.165, 1.54) is 0 Å². The Hall–Kier alpha value is -1.47. The first-order chi connectivity index (χ1) is 7.96. The molecule has 0 N–H and O–H groups in total. The summed E-state index contributed by atoms with van der Waals surface area (Å²) < 4.78 is 5.55. The van der Waals surface area contributed by atoms with Crippen LogP contribution in [0, 0.1) is 11.5 Å². The highest BCUT2D eigenvalue weighted by atomic mass is 28.3. The molecular weight excluding hydrogens is 228 g/mol. The van der Waals surface area contributed by atoms with Crippen LogP contribution in [0.15, 0.2) is 12.3 Å². The fraction of sp³-hybridized carbons (Fsp3) is 0.462. The lowest BCUT2D eigenvalue weighted by Crippen LogP contribution is -2.29. The van der Waals surface area contributed by atoms with Gasteiger partial charge in [0, 0.05) is 7.05 Å². The molecule has 0 atom stereocenters. The number of rotatable bonds is 0.